The van der Waals surface area contributed by atoms with Gasteiger partial charge in [0.05, 0.1) is 12.1 Å². The van der Waals surface area contributed by atoms with E-state index >= 15 is 0 Å². The summed E-state index contributed by atoms with van der Waals surface area (Å²) in [6.45, 7) is 0. The smallest absolute Gasteiger partial charge is 0.362 e. The predicted octanol–water partition coefficient (Wildman–Crippen LogP) is 1.98. The van der Waals surface area contributed by atoms with Gasteiger partial charge in [-0.05, 0) is 24.3 Å². The normalized spacial score (nSPS) is 20.8. The summed E-state index contributed by atoms with van der Waals surface area (Å²) in [4.78, 5) is 19.9. The van der Waals surface area contributed by atoms with Gasteiger partial charge in [0.25, 0.3) is 11.6 Å². The molecule has 2 aromatic rings. The Morgan fingerprint density at radius 2 is 1.62 bits per heavy atom. The van der Waals surface area contributed by atoms with Gasteiger partial charge in [0, 0.05) is 35.9 Å². The molecule has 3 rings (SSSR count). The van der Waals surface area contributed by atoms with Crippen molar-refractivity contribution >= 4 is 11.6 Å². The zero-order chi connectivity index (χ0) is 17.4. The summed E-state index contributed by atoms with van der Waals surface area (Å²) in [7, 11) is 0. The summed E-state index contributed by atoms with van der Waals surface area (Å²) >= 11 is 0. The second-order valence-electron chi connectivity index (χ2n) is 5.13. The quantitative estimate of drug-likeness (QED) is 0.909. The lowest BCUT2D eigenvalue weighted by molar-refractivity contribution is -0.297. The summed E-state index contributed by atoms with van der Waals surface area (Å²) < 4.78 is 40.3. The molecule has 0 saturated carbocycles. The number of amides is 1. The summed E-state index contributed by atoms with van der Waals surface area (Å²) in [5, 5.41) is 14.0. The van der Waals surface area contributed by atoms with E-state index in [2.05, 4.69) is 15.1 Å². The Bertz CT molecular complexity index is 780. The molecule has 2 aromatic heterocycles. The highest BCUT2D eigenvalue weighted by Gasteiger charge is 2.63. The first-order valence-corrected chi connectivity index (χ1v) is 6.84. The molecule has 1 atom stereocenters. The van der Waals surface area contributed by atoms with Crippen LogP contribution in [0.1, 0.15) is 22.3 Å². The van der Waals surface area contributed by atoms with Gasteiger partial charge < -0.3 is 5.11 Å². The second kappa shape index (κ2) is 5.68. The minimum absolute atomic E-state index is 0.0559. The average molecular weight is 336 g/mol. The maximum atomic E-state index is 13.4. The standard InChI is InChI=1S/C15H11F3N4O2/c16-15(17,18)14(24)9-12(10-1-5-19-6-2-10)21-22(14)13(23)11-3-7-20-8-4-11/h1-8,24H,9H2/t14-/m0/s1. The van der Waals surface area contributed by atoms with Gasteiger partial charge >= 0.3 is 6.18 Å². The van der Waals surface area contributed by atoms with Crippen LogP contribution in [0.25, 0.3) is 0 Å². The van der Waals surface area contributed by atoms with Gasteiger partial charge in [-0.2, -0.15) is 23.3 Å². The zero-order valence-electron chi connectivity index (χ0n) is 12.1. The van der Waals surface area contributed by atoms with Crippen molar-refractivity contribution in [3.63, 3.8) is 0 Å². The molecule has 0 aliphatic carbocycles. The summed E-state index contributed by atoms with van der Waals surface area (Å²) in [5.41, 5.74) is -3.18. The Morgan fingerprint density at radius 1 is 1.08 bits per heavy atom. The SMILES string of the molecule is O=C(c1ccncc1)N1N=C(c2ccncc2)C[C@]1(O)C(F)(F)F. The van der Waals surface area contributed by atoms with E-state index in [1.807, 2.05) is 0 Å². The van der Waals surface area contributed by atoms with Crippen molar-refractivity contribution in [2.24, 2.45) is 5.10 Å². The van der Waals surface area contributed by atoms with Crippen molar-refractivity contribution in [2.75, 3.05) is 0 Å². The number of aromatic nitrogens is 2. The Balaban J connectivity index is 2.05. The van der Waals surface area contributed by atoms with Gasteiger partial charge in [-0.25, -0.2) is 0 Å². The number of nitrogens with zero attached hydrogens (tertiary/aromatic N) is 4. The number of pyridine rings is 2. The highest BCUT2D eigenvalue weighted by molar-refractivity contribution is 6.05. The van der Waals surface area contributed by atoms with E-state index < -0.39 is 24.2 Å². The third-order valence-corrected chi connectivity index (χ3v) is 3.57. The Labute approximate surface area is 134 Å². The van der Waals surface area contributed by atoms with Crippen molar-refractivity contribution in [2.45, 2.75) is 18.3 Å². The molecule has 6 nitrogen and oxygen atoms in total. The molecule has 0 radical (unpaired) electrons. The van der Waals surface area contributed by atoms with Crippen LogP contribution in [-0.2, 0) is 0 Å². The molecular weight excluding hydrogens is 325 g/mol. The fraction of sp³-hybridized carbons (Fsp3) is 0.200. The van der Waals surface area contributed by atoms with E-state index in [4.69, 9.17) is 0 Å². The fourth-order valence-electron chi connectivity index (χ4n) is 2.30. The van der Waals surface area contributed by atoms with Gasteiger partial charge in [0.15, 0.2) is 0 Å². The van der Waals surface area contributed by atoms with E-state index in [0.29, 0.717) is 5.56 Å². The summed E-state index contributed by atoms with van der Waals surface area (Å²) in [6, 6.07) is 5.41. The number of hydrazone groups is 1. The lowest BCUT2D eigenvalue weighted by Crippen LogP contribution is -2.56. The lowest BCUT2D eigenvalue weighted by Gasteiger charge is -2.32. The molecule has 124 valence electrons. The van der Waals surface area contributed by atoms with Crippen LogP contribution in [0, 0.1) is 0 Å². The van der Waals surface area contributed by atoms with Gasteiger partial charge in [0.1, 0.15) is 0 Å². The highest BCUT2D eigenvalue weighted by Crippen LogP contribution is 2.41. The molecule has 9 heteroatoms. The first-order valence-electron chi connectivity index (χ1n) is 6.84. The van der Waals surface area contributed by atoms with E-state index in [9.17, 15) is 23.1 Å². The summed E-state index contributed by atoms with van der Waals surface area (Å²) in [6.07, 6.45) is -0.631. The molecule has 0 unspecified atom stereocenters. The van der Waals surface area contributed by atoms with Gasteiger partial charge in [-0.1, -0.05) is 0 Å². The van der Waals surface area contributed by atoms with Crippen LogP contribution in [0.15, 0.2) is 54.2 Å². The van der Waals surface area contributed by atoms with Gasteiger partial charge in [-0.15, -0.1) is 0 Å². The largest absolute Gasteiger partial charge is 0.438 e. The van der Waals surface area contributed by atoms with Crippen molar-refractivity contribution in [1.82, 2.24) is 15.0 Å². The first kappa shape index (κ1) is 16.1. The zero-order valence-corrected chi connectivity index (χ0v) is 12.1. The molecule has 1 amide bonds. The predicted molar refractivity (Wildman–Crippen MR) is 76.8 cm³/mol. The molecule has 0 spiro atoms. The van der Waals surface area contributed by atoms with Gasteiger partial charge in [0.2, 0.25) is 0 Å². The van der Waals surface area contributed by atoms with Crippen LogP contribution in [0.5, 0.6) is 0 Å². The van der Waals surface area contributed by atoms with E-state index in [1.165, 1.54) is 49.1 Å². The molecule has 3 heterocycles. The fourth-order valence-corrected chi connectivity index (χ4v) is 2.30. The molecule has 1 aliphatic rings. The maximum Gasteiger partial charge on any atom is 0.438 e. The molecule has 1 N–H and O–H groups in total. The molecule has 1 aliphatic heterocycles. The van der Waals surface area contributed by atoms with E-state index in [1.54, 1.807) is 0 Å². The van der Waals surface area contributed by atoms with Crippen LogP contribution in [0.4, 0.5) is 13.2 Å². The van der Waals surface area contributed by atoms with Crippen molar-refractivity contribution < 1.29 is 23.1 Å². The number of aliphatic hydroxyl groups is 1. The monoisotopic (exact) mass is 336 g/mol. The van der Waals surface area contributed by atoms with Crippen molar-refractivity contribution in [3.8, 4) is 0 Å². The third kappa shape index (κ3) is 2.62. The van der Waals surface area contributed by atoms with Crippen LogP contribution >= 0.6 is 0 Å². The molecule has 0 bridgehead atoms. The van der Waals surface area contributed by atoms with E-state index in [-0.39, 0.29) is 16.3 Å². The first-order chi connectivity index (χ1) is 11.3. The maximum absolute atomic E-state index is 13.4. The van der Waals surface area contributed by atoms with Crippen LogP contribution < -0.4 is 0 Å². The topological polar surface area (TPSA) is 78.7 Å². The average Bonchev–Trinajstić information content (AvgIpc) is 2.95. The number of hydrogen-bond donors (Lipinski definition) is 1. The van der Waals surface area contributed by atoms with Crippen LogP contribution in [0.2, 0.25) is 0 Å². The molecule has 0 saturated heterocycles. The number of alkyl halides is 3. The van der Waals surface area contributed by atoms with E-state index in [0.717, 1.165) is 0 Å². The Hall–Kier alpha value is -2.81. The lowest BCUT2D eigenvalue weighted by atomic mass is 10.0. The van der Waals surface area contributed by atoms with Crippen LogP contribution in [0.3, 0.4) is 0 Å². The van der Waals surface area contributed by atoms with Crippen LogP contribution in [-0.4, -0.2) is 43.6 Å². The number of rotatable bonds is 2. The number of carbonyl (C=O) groups is 1. The molecule has 24 heavy (non-hydrogen) atoms. The molecule has 0 fully saturated rings. The number of halogens is 3. The number of carbonyl (C=O) groups excluding carboxylic acids is 1. The third-order valence-electron chi connectivity index (χ3n) is 3.57. The highest BCUT2D eigenvalue weighted by atomic mass is 19.4. The second-order valence-corrected chi connectivity index (χ2v) is 5.13. The minimum atomic E-state index is -5.08. The van der Waals surface area contributed by atoms with Crippen molar-refractivity contribution in [1.29, 1.82) is 0 Å². The van der Waals surface area contributed by atoms with Gasteiger partial charge in [-0.3, -0.25) is 14.8 Å². The Morgan fingerprint density at radius 3 is 2.17 bits per heavy atom. The molecule has 0 aromatic carbocycles. The number of hydrogen-bond acceptors (Lipinski definition) is 5. The van der Waals surface area contributed by atoms with Crippen molar-refractivity contribution in [3.05, 3.63) is 60.2 Å². The Kier molecular flexibility index (Phi) is 3.80. The summed E-state index contributed by atoms with van der Waals surface area (Å²) in [5.74, 6) is -1.07. The minimum Gasteiger partial charge on any atom is -0.362 e. The molecular formula is C15H11F3N4O2.